The zero-order chi connectivity index (χ0) is 26.4. The van der Waals surface area contributed by atoms with Crippen molar-refractivity contribution in [1.82, 2.24) is 0 Å². The highest BCUT2D eigenvalue weighted by molar-refractivity contribution is 8.16. The van der Waals surface area contributed by atoms with E-state index in [1.54, 1.807) is 44.6 Å². The zero-order valence-electron chi connectivity index (χ0n) is 20.5. The van der Waals surface area contributed by atoms with Gasteiger partial charge < -0.3 is 19.9 Å². The number of anilines is 2. The van der Waals surface area contributed by atoms with Crippen LogP contribution >= 0.6 is 11.8 Å². The summed E-state index contributed by atoms with van der Waals surface area (Å²) in [4.78, 5) is 27.4. The molecule has 1 aliphatic rings. The Bertz CT molecular complexity index is 1360. The molecule has 1 atom stereocenters. The average Bonchev–Trinajstić information content (AvgIpc) is 3.19. The summed E-state index contributed by atoms with van der Waals surface area (Å²) in [5.74, 6) is 0.523. The second-order valence-electron chi connectivity index (χ2n) is 8.16. The van der Waals surface area contributed by atoms with Gasteiger partial charge in [-0.05, 0) is 55.0 Å². The summed E-state index contributed by atoms with van der Waals surface area (Å²) in [6.45, 7) is 1.96. The van der Waals surface area contributed by atoms with Crippen molar-refractivity contribution in [2.75, 3.05) is 24.4 Å². The Hall–Kier alpha value is -4.31. The summed E-state index contributed by atoms with van der Waals surface area (Å²) in [5.41, 5.74) is 2.88. The summed E-state index contributed by atoms with van der Waals surface area (Å²) in [7, 11) is 3.10. The molecule has 2 amide bonds. The number of aryl methyl sites for hydroxylation is 1. The summed E-state index contributed by atoms with van der Waals surface area (Å²) >= 11 is 1.14. The molecule has 0 bridgehead atoms. The number of methoxy groups -OCH3 is 2. The lowest BCUT2D eigenvalue weighted by molar-refractivity contribution is -0.121. The Labute approximate surface area is 218 Å². The van der Waals surface area contributed by atoms with E-state index in [2.05, 4.69) is 15.5 Å². The highest BCUT2D eigenvalue weighted by atomic mass is 32.2. The number of nitrogens with zero attached hydrogens (tertiary/aromatic N) is 3. The Morgan fingerprint density at radius 1 is 1.08 bits per heavy atom. The van der Waals surface area contributed by atoms with Gasteiger partial charge in [0.25, 0.3) is 0 Å². The van der Waals surface area contributed by atoms with Gasteiger partial charge in [0.15, 0.2) is 16.7 Å². The quantitative estimate of drug-likeness (QED) is 0.333. The molecule has 1 heterocycles. The topological polar surface area (TPSA) is 113 Å². The van der Waals surface area contributed by atoms with Gasteiger partial charge in [0.1, 0.15) is 11.0 Å². The Morgan fingerprint density at radius 2 is 1.84 bits per heavy atom. The molecule has 3 aromatic rings. The molecule has 2 N–H and O–H groups in total. The van der Waals surface area contributed by atoms with Crippen LogP contribution in [0.2, 0.25) is 0 Å². The van der Waals surface area contributed by atoms with Crippen LogP contribution in [0.1, 0.15) is 17.5 Å². The number of aromatic hydroxyl groups is 1. The monoisotopic (exact) mass is 518 g/mol. The molecule has 0 aliphatic carbocycles. The molecule has 37 heavy (non-hydrogen) atoms. The number of rotatable bonds is 8. The SMILES string of the molecule is COc1ccc(/C=N/N=C2/SC(CC(=O)Nc3ccc(C)cc3)C(=O)N2c2cccc(O)c2)cc1OC. The second kappa shape index (κ2) is 11.6. The number of hydrogen-bond acceptors (Lipinski definition) is 8. The summed E-state index contributed by atoms with van der Waals surface area (Å²) in [6, 6.07) is 19.0. The molecule has 1 unspecified atom stereocenters. The molecule has 1 fully saturated rings. The molecule has 3 aromatic carbocycles. The fraction of sp³-hybridized carbons (Fsp3) is 0.185. The van der Waals surface area contributed by atoms with E-state index in [1.165, 1.54) is 23.2 Å². The lowest BCUT2D eigenvalue weighted by Crippen LogP contribution is -2.33. The molecular formula is C27H26N4O5S. The van der Waals surface area contributed by atoms with E-state index in [1.807, 2.05) is 31.2 Å². The number of ether oxygens (including phenoxy) is 2. The lowest BCUT2D eigenvalue weighted by atomic mass is 10.2. The van der Waals surface area contributed by atoms with E-state index >= 15 is 0 Å². The number of phenolic OH excluding ortho intramolecular Hbond substituents is 1. The van der Waals surface area contributed by atoms with E-state index in [-0.39, 0.29) is 24.0 Å². The smallest absolute Gasteiger partial charge is 0.247 e. The van der Waals surface area contributed by atoms with Gasteiger partial charge in [0, 0.05) is 18.2 Å². The van der Waals surface area contributed by atoms with Crippen LogP contribution in [0, 0.1) is 6.92 Å². The van der Waals surface area contributed by atoms with Crippen LogP contribution in [0.4, 0.5) is 11.4 Å². The molecule has 1 saturated heterocycles. The predicted molar refractivity (Wildman–Crippen MR) is 146 cm³/mol. The Balaban J connectivity index is 1.56. The third-order valence-electron chi connectivity index (χ3n) is 5.49. The van der Waals surface area contributed by atoms with Crippen LogP contribution < -0.4 is 19.7 Å². The maximum Gasteiger partial charge on any atom is 0.247 e. The first-order valence-electron chi connectivity index (χ1n) is 11.4. The van der Waals surface area contributed by atoms with Crippen LogP contribution in [0.15, 0.2) is 76.9 Å². The van der Waals surface area contributed by atoms with Crippen LogP contribution in [-0.4, -0.2) is 47.8 Å². The van der Waals surface area contributed by atoms with Crippen molar-refractivity contribution in [3.63, 3.8) is 0 Å². The standard InChI is InChI=1S/C27H26N4O5S/c1-17-7-10-19(11-8-17)29-25(33)15-24-26(34)31(20-5-4-6-21(32)14-20)27(37-24)30-28-16-18-9-12-22(35-2)23(13-18)36-3/h4-14,16,24,32H,15H2,1-3H3,(H,29,33)/b28-16+,30-27+. The maximum atomic E-state index is 13.3. The van der Waals surface area contributed by atoms with Gasteiger partial charge in [0.2, 0.25) is 11.8 Å². The normalized spacial score (nSPS) is 16.4. The lowest BCUT2D eigenvalue weighted by Gasteiger charge is -2.16. The van der Waals surface area contributed by atoms with Crippen molar-refractivity contribution in [3.8, 4) is 17.2 Å². The van der Waals surface area contributed by atoms with Crippen LogP contribution in [0.25, 0.3) is 0 Å². The molecule has 190 valence electrons. The van der Waals surface area contributed by atoms with Crippen molar-refractivity contribution in [3.05, 3.63) is 77.9 Å². The minimum atomic E-state index is -0.706. The van der Waals surface area contributed by atoms with Crippen molar-refractivity contribution in [1.29, 1.82) is 0 Å². The Morgan fingerprint density at radius 3 is 2.54 bits per heavy atom. The van der Waals surface area contributed by atoms with Gasteiger partial charge in [0.05, 0.1) is 26.1 Å². The minimum absolute atomic E-state index is 0.00374. The first-order valence-corrected chi connectivity index (χ1v) is 12.2. The molecule has 0 saturated carbocycles. The number of carbonyl (C=O) groups is 2. The van der Waals surface area contributed by atoms with Gasteiger partial charge in [-0.25, -0.2) is 0 Å². The largest absolute Gasteiger partial charge is 0.508 e. The molecule has 9 nitrogen and oxygen atoms in total. The van der Waals surface area contributed by atoms with E-state index in [9.17, 15) is 14.7 Å². The van der Waals surface area contributed by atoms with E-state index in [0.717, 1.165) is 17.3 Å². The summed E-state index contributed by atoms with van der Waals surface area (Å²) < 4.78 is 10.6. The van der Waals surface area contributed by atoms with Crippen LogP contribution in [0.5, 0.6) is 17.2 Å². The maximum absolute atomic E-state index is 13.3. The number of carbonyl (C=O) groups excluding carboxylic acids is 2. The van der Waals surface area contributed by atoms with E-state index < -0.39 is 5.25 Å². The predicted octanol–water partition coefficient (Wildman–Crippen LogP) is 4.59. The van der Waals surface area contributed by atoms with Crippen molar-refractivity contribution in [2.45, 2.75) is 18.6 Å². The van der Waals surface area contributed by atoms with Crippen molar-refractivity contribution in [2.24, 2.45) is 10.2 Å². The molecule has 4 rings (SSSR count). The Kier molecular flexibility index (Phi) is 8.09. The molecule has 1 aliphatic heterocycles. The molecule has 10 heteroatoms. The van der Waals surface area contributed by atoms with Crippen LogP contribution in [0.3, 0.4) is 0 Å². The van der Waals surface area contributed by atoms with Gasteiger partial charge in [-0.3, -0.25) is 14.5 Å². The first kappa shape index (κ1) is 25.8. The number of thioether (sulfide) groups is 1. The zero-order valence-corrected chi connectivity index (χ0v) is 21.4. The van der Waals surface area contributed by atoms with Crippen molar-refractivity contribution < 1.29 is 24.2 Å². The molecule has 0 aromatic heterocycles. The number of benzene rings is 3. The fourth-order valence-corrected chi connectivity index (χ4v) is 4.72. The van der Waals surface area contributed by atoms with Crippen molar-refractivity contribution >= 4 is 46.3 Å². The van der Waals surface area contributed by atoms with E-state index in [4.69, 9.17) is 9.47 Å². The summed E-state index contributed by atoms with van der Waals surface area (Å²) in [5, 5.41) is 20.8. The third-order valence-corrected chi connectivity index (χ3v) is 6.61. The number of amidine groups is 1. The number of hydrogen-bond donors (Lipinski definition) is 2. The average molecular weight is 519 g/mol. The highest BCUT2D eigenvalue weighted by Gasteiger charge is 2.40. The minimum Gasteiger partial charge on any atom is -0.508 e. The molecular weight excluding hydrogens is 492 g/mol. The number of nitrogens with one attached hydrogen (secondary N) is 1. The van der Waals surface area contributed by atoms with Gasteiger partial charge in [-0.1, -0.05) is 35.5 Å². The molecule has 0 radical (unpaired) electrons. The number of amides is 2. The summed E-state index contributed by atoms with van der Waals surface area (Å²) in [6.07, 6.45) is 1.48. The van der Waals surface area contributed by atoms with E-state index in [0.29, 0.717) is 33.6 Å². The fourth-order valence-electron chi connectivity index (χ4n) is 3.63. The third kappa shape index (κ3) is 6.28. The highest BCUT2D eigenvalue weighted by Crippen LogP contribution is 2.35. The van der Waals surface area contributed by atoms with Gasteiger partial charge >= 0.3 is 0 Å². The second-order valence-corrected chi connectivity index (χ2v) is 9.33. The number of phenols is 1. The first-order chi connectivity index (χ1) is 17.9. The van der Waals surface area contributed by atoms with Gasteiger partial charge in [-0.2, -0.15) is 5.10 Å². The molecule has 0 spiro atoms. The van der Waals surface area contributed by atoms with Crippen LogP contribution in [-0.2, 0) is 9.59 Å². The van der Waals surface area contributed by atoms with Gasteiger partial charge in [-0.15, -0.1) is 5.10 Å².